The zero-order valence-corrected chi connectivity index (χ0v) is 25.4. The van der Waals surface area contributed by atoms with Crippen molar-refractivity contribution in [3.05, 3.63) is 180 Å². The Hall–Kier alpha value is -6.12. The van der Waals surface area contributed by atoms with Crippen molar-refractivity contribution in [3.63, 3.8) is 0 Å². The molecule has 8 bridgehead atoms. The zero-order valence-electron chi connectivity index (χ0n) is 25.4. The molecule has 2 heterocycles. The van der Waals surface area contributed by atoms with Crippen LogP contribution in [0.1, 0.15) is 22.3 Å². The van der Waals surface area contributed by atoms with E-state index in [1.807, 2.05) is 0 Å². The molecular formula is C45H26N2. The van der Waals surface area contributed by atoms with Crippen molar-refractivity contribution < 1.29 is 0 Å². The van der Waals surface area contributed by atoms with E-state index in [0.717, 1.165) is 32.8 Å². The second-order valence-electron chi connectivity index (χ2n) is 12.9. The van der Waals surface area contributed by atoms with Gasteiger partial charge < -0.3 is 0 Å². The van der Waals surface area contributed by atoms with Gasteiger partial charge in [0.1, 0.15) is 0 Å². The molecule has 2 heteroatoms. The minimum Gasteiger partial charge on any atom is -0.228 e. The maximum Gasteiger partial charge on any atom is 0.161 e. The van der Waals surface area contributed by atoms with E-state index < -0.39 is 5.41 Å². The molecule has 11 rings (SSSR count). The van der Waals surface area contributed by atoms with E-state index in [4.69, 9.17) is 9.97 Å². The van der Waals surface area contributed by atoms with Gasteiger partial charge in [-0.05, 0) is 90.0 Å². The average molecular weight is 595 g/mol. The highest BCUT2D eigenvalue weighted by atomic mass is 14.9. The van der Waals surface area contributed by atoms with Gasteiger partial charge in [-0.1, -0.05) is 133 Å². The number of hydrogen-bond acceptors (Lipinski definition) is 2. The third kappa shape index (κ3) is 3.19. The van der Waals surface area contributed by atoms with Crippen LogP contribution in [0, 0.1) is 0 Å². The minimum absolute atomic E-state index is 0.436. The molecule has 0 saturated heterocycles. The fraction of sp³-hybridized carbons (Fsp3) is 0.0222. The van der Waals surface area contributed by atoms with Gasteiger partial charge in [0.05, 0.1) is 16.4 Å². The SMILES string of the molecule is c1ccc2c(c1)-c1ccccc1C21c2ccc3cc2c2c1cccc2c1nc2ccccc2c(n1)c1cccc(c1)c1cccc3c1. The van der Waals surface area contributed by atoms with Crippen LogP contribution in [0.5, 0.6) is 0 Å². The zero-order chi connectivity index (χ0) is 30.7. The number of rotatable bonds is 0. The number of aromatic nitrogens is 2. The Morgan fingerprint density at radius 1 is 0.362 bits per heavy atom. The molecule has 7 aromatic carbocycles. The predicted molar refractivity (Wildman–Crippen MR) is 196 cm³/mol. The average Bonchev–Trinajstić information content (AvgIpc) is 3.61. The second kappa shape index (κ2) is 8.99. The summed E-state index contributed by atoms with van der Waals surface area (Å²) in [7, 11) is 0. The second-order valence-corrected chi connectivity index (χ2v) is 12.9. The van der Waals surface area contributed by atoms with Gasteiger partial charge in [0.2, 0.25) is 0 Å². The van der Waals surface area contributed by atoms with E-state index in [9.17, 15) is 0 Å². The highest BCUT2D eigenvalue weighted by Crippen LogP contribution is 2.61. The summed E-state index contributed by atoms with van der Waals surface area (Å²) in [6.07, 6.45) is 0. The number of benzene rings is 7. The molecule has 0 fully saturated rings. The standard InChI is InChI=1S/C45H26N2/c1-4-18-37-32(14-1)33-15-2-5-19-38(33)45(37)39-23-22-30-26-36(39)42-35(17-9-20-40(42)45)44-46-41-21-6-3-16-34(41)43(47-44)31-13-8-12-29(25-31)27-10-7-11-28(30)24-27/h1-26H. The molecule has 47 heavy (non-hydrogen) atoms. The smallest absolute Gasteiger partial charge is 0.161 e. The maximum absolute atomic E-state index is 5.43. The first-order valence-electron chi connectivity index (χ1n) is 16.3. The maximum atomic E-state index is 5.43. The van der Waals surface area contributed by atoms with Crippen LogP contribution in [0.25, 0.3) is 76.3 Å². The molecule has 0 amide bonds. The molecule has 0 saturated carbocycles. The lowest BCUT2D eigenvalue weighted by atomic mass is 9.70. The van der Waals surface area contributed by atoms with Crippen molar-refractivity contribution in [1.29, 1.82) is 0 Å². The van der Waals surface area contributed by atoms with Crippen molar-refractivity contribution in [2.75, 3.05) is 0 Å². The van der Waals surface area contributed by atoms with E-state index >= 15 is 0 Å². The van der Waals surface area contributed by atoms with Crippen molar-refractivity contribution >= 4 is 65.2 Å². The highest BCUT2D eigenvalue weighted by molar-refractivity contribution is 6.16. The van der Waals surface area contributed by atoms with E-state index in [2.05, 4.69) is 158 Å². The predicted octanol–water partition coefficient (Wildman–Crippen LogP) is 11.2. The molecule has 216 valence electrons. The van der Waals surface area contributed by atoms with Crippen LogP contribution in [-0.4, -0.2) is 9.97 Å². The summed E-state index contributed by atoms with van der Waals surface area (Å²) in [5.74, 6) is 0. The summed E-state index contributed by atoms with van der Waals surface area (Å²) in [6.45, 7) is 0. The van der Waals surface area contributed by atoms with Crippen LogP contribution in [0.4, 0.5) is 0 Å². The lowest BCUT2D eigenvalue weighted by Crippen LogP contribution is -2.26. The van der Waals surface area contributed by atoms with Gasteiger partial charge >= 0.3 is 0 Å². The molecule has 2 aliphatic carbocycles. The van der Waals surface area contributed by atoms with Gasteiger partial charge in [-0.2, -0.15) is 0 Å². The first-order chi connectivity index (χ1) is 23.3. The quantitative estimate of drug-likeness (QED) is 0.175. The summed E-state index contributed by atoms with van der Waals surface area (Å²) in [6, 6.07) is 58.0. The fourth-order valence-electron chi connectivity index (χ4n) is 8.70. The Kier molecular flexibility index (Phi) is 4.80. The third-order valence-corrected chi connectivity index (χ3v) is 10.6. The van der Waals surface area contributed by atoms with Crippen molar-refractivity contribution in [2.24, 2.45) is 0 Å². The Bertz CT molecular complexity index is 2870. The number of para-hydroxylation sites is 1. The Morgan fingerprint density at radius 2 is 0.936 bits per heavy atom. The summed E-state index contributed by atoms with van der Waals surface area (Å²) in [4.78, 5) is 10.7. The first kappa shape index (κ1) is 25.1. The molecule has 2 aromatic heterocycles. The molecule has 2 nitrogen and oxygen atoms in total. The first-order valence-corrected chi connectivity index (χ1v) is 16.3. The molecule has 2 aliphatic rings. The summed E-state index contributed by atoms with van der Waals surface area (Å²) in [5, 5.41) is 10.5. The molecule has 9 aromatic rings. The van der Waals surface area contributed by atoms with Crippen LogP contribution in [0.15, 0.2) is 158 Å². The van der Waals surface area contributed by atoms with E-state index in [1.54, 1.807) is 0 Å². The molecule has 1 spiro atoms. The van der Waals surface area contributed by atoms with Crippen LogP contribution in [0.3, 0.4) is 0 Å². The summed E-state index contributed by atoms with van der Waals surface area (Å²) >= 11 is 0. The van der Waals surface area contributed by atoms with E-state index in [-0.39, 0.29) is 0 Å². The van der Waals surface area contributed by atoms with Crippen molar-refractivity contribution in [2.45, 2.75) is 5.41 Å². The summed E-state index contributed by atoms with van der Waals surface area (Å²) < 4.78 is 0. The topological polar surface area (TPSA) is 25.8 Å². The molecule has 0 unspecified atom stereocenters. The molecule has 0 aliphatic heterocycles. The van der Waals surface area contributed by atoms with Crippen molar-refractivity contribution in [1.82, 2.24) is 9.97 Å². The van der Waals surface area contributed by atoms with Gasteiger partial charge in [0, 0.05) is 16.2 Å². The number of fused-ring (bicyclic) bond motifs is 20. The van der Waals surface area contributed by atoms with Crippen LogP contribution < -0.4 is 0 Å². The van der Waals surface area contributed by atoms with E-state index in [1.165, 1.54) is 65.7 Å². The Morgan fingerprint density at radius 3 is 1.70 bits per heavy atom. The Labute approximate surface area is 270 Å². The minimum atomic E-state index is -0.436. The lowest BCUT2D eigenvalue weighted by Gasteiger charge is -2.30. The number of nitrogens with zero attached hydrogens (tertiary/aromatic N) is 2. The van der Waals surface area contributed by atoms with Gasteiger partial charge in [-0.3, -0.25) is 0 Å². The van der Waals surface area contributed by atoms with E-state index in [0.29, 0.717) is 0 Å². The largest absolute Gasteiger partial charge is 0.228 e. The molecule has 0 radical (unpaired) electrons. The Balaban J connectivity index is 1.45. The van der Waals surface area contributed by atoms with Gasteiger partial charge in [0.25, 0.3) is 0 Å². The molecule has 0 N–H and O–H groups in total. The monoisotopic (exact) mass is 594 g/mol. The highest BCUT2D eigenvalue weighted by Gasteiger charge is 2.50. The van der Waals surface area contributed by atoms with Crippen molar-refractivity contribution in [3.8, 4) is 11.1 Å². The van der Waals surface area contributed by atoms with Gasteiger partial charge in [-0.25, -0.2) is 9.97 Å². The molecule has 0 atom stereocenters. The number of hydrogen-bond donors (Lipinski definition) is 0. The third-order valence-electron chi connectivity index (χ3n) is 10.6. The summed E-state index contributed by atoms with van der Waals surface area (Å²) in [5.41, 5.74) is 10.1. The molecular weight excluding hydrogens is 569 g/mol. The normalized spacial score (nSPS) is 13.7. The van der Waals surface area contributed by atoms with Gasteiger partial charge in [0.15, 0.2) is 5.65 Å². The van der Waals surface area contributed by atoms with Crippen LogP contribution in [0.2, 0.25) is 0 Å². The van der Waals surface area contributed by atoms with Gasteiger partial charge in [-0.15, -0.1) is 0 Å². The lowest BCUT2D eigenvalue weighted by molar-refractivity contribution is 0.797. The van der Waals surface area contributed by atoms with Crippen LogP contribution in [-0.2, 0) is 5.41 Å². The van der Waals surface area contributed by atoms with Crippen LogP contribution >= 0.6 is 0 Å². The fourth-order valence-corrected chi connectivity index (χ4v) is 8.70.